The van der Waals surface area contributed by atoms with Crippen molar-refractivity contribution in [2.24, 2.45) is 0 Å². The summed E-state index contributed by atoms with van der Waals surface area (Å²) in [6, 6.07) is 8.42. The number of nitrogens with zero attached hydrogens (tertiary/aromatic N) is 2. The molecule has 30 heavy (non-hydrogen) atoms. The number of sulfonamides is 1. The number of carbonyl (C=O) groups excluding carboxylic acids is 1. The normalized spacial score (nSPS) is 15.6. The summed E-state index contributed by atoms with van der Waals surface area (Å²) < 4.78 is 58.4. The lowest BCUT2D eigenvalue weighted by atomic mass is 10.3. The highest BCUT2D eigenvalue weighted by molar-refractivity contribution is 7.89. The molecule has 1 aliphatic rings. The maximum atomic E-state index is 13.1. The summed E-state index contributed by atoms with van der Waals surface area (Å²) in [6.45, 7) is 1.15. The van der Waals surface area contributed by atoms with Gasteiger partial charge in [0, 0.05) is 26.2 Å². The average Bonchev–Trinajstić information content (AvgIpc) is 2.97. The van der Waals surface area contributed by atoms with Crippen LogP contribution in [0.15, 0.2) is 47.4 Å². The van der Waals surface area contributed by atoms with Crippen LogP contribution in [0.2, 0.25) is 5.02 Å². The first-order valence-corrected chi connectivity index (χ1v) is 11.2. The molecule has 0 N–H and O–H groups in total. The van der Waals surface area contributed by atoms with E-state index in [-0.39, 0.29) is 48.5 Å². The molecule has 0 saturated carbocycles. The second kappa shape index (κ2) is 9.72. The maximum absolute atomic E-state index is 13.1. The second-order valence-electron chi connectivity index (χ2n) is 6.77. The molecule has 1 saturated heterocycles. The Labute approximate surface area is 179 Å². The van der Waals surface area contributed by atoms with Crippen LogP contribution in [0, 0.1) is 11.6 Å². The zero-order valence-electron chi connectivity index (χ0n) is 16.1. The summed E-state index contributed by atoms with van der Waals surface area (Å²) in [7, 11) is -3.75. The molecule has 0 unspecified atom stereocenters. The highest BCUT2D eigenvalue weighted by atomic mass is 35.5. The van der Waals surface area contributed by atoms with Crippen molar-refractivity contribution in [1.82, 2.24) is 9.21 Å². The molecule has 0 aliphatic carbocycles. The number of amides is 1. The molecule has 0 aromatic heterocycles. The van der Waals surface area contributed by atoms with Crippen LogP contribution >= 0.6 is 11.6 Å². The molecule has 1 fully saturated rings. The summed E-state index contributed by atoms with van der Waals surface area (Å²) in [5, 5.41) is 0.124. The van der Waals surface area contributed by atoms with Gasteiger partial charge in [-0.3, -0.25) is 4.79 Å². The van der Waals surface area contributed by atoms with Gasteiger partial charge in [0.1, 0.15) is 17.4 Å². The quantitative estimate of drug-likeness (QED) is 0.666. The first kappa shape index (κ1) is 22.5. The Bertz CT molecular complexity index is 1000. The van der Waals surface area contributed by atoms with Crippen LogP contribution < -0.4 is 4.74 Å². The Balaban J connectivity index is 1.54. The van der Waals surface area contributed by atoms with Crippen LogP contribution in [-0.4, -0.2) is 56.3 Å². The minimum absolute atomic E-state index is 0.0215. The SMILES string of the molecule is O=C(CCOc1ccc(F)cc1Cl)N1CCCN(S(=O)(=O)c2ccc(F)cc2)CC1. The molecule has 162 valence electrons. The van der Waals surface area contributed by atoms with Crippen LogP contribution in [0.3, 0.4) is 0 Å². The number of rotatable bonds is 6. The van der Waals surface area contributed by atoms with Crippen molar-refractivity contribution in [3.05, 3.63) is 59.1 Å². The van der Waals surface area contributed by atoms with Gasteiger partial charge in [0.05, 0.1) is 22.9 Å². The number of hydrogen-bond donors (Lipinski definition) is 0. The first-order chi connectivity index (χ1) is 14.3. The molecule has 6 nitrogen and oxygen atoms in total. The molecule has 0 bridgehead atoms. The van der Waals surface area contributed by atoms with Crippen molar-refractivity contribution in [3.63, 3.8) is 0 Å². The van der Waals surface area contributed by atoms with Crippen molar-refractivity contribution >= 4 is 27.5 Å². The van der Waals surface area contributed by atoms with E-state index >= 15 is 0 Å². The van der Waals surface area contributed by atoms with Gasteiger partial charge in [0.2, 0.25) is 15.9 Å². The molecular formula is C20H21ClF2N2O4S. The Hall–Kier alpha value is -2.23. The van der Waals surface area contributed by atoms with Gasteiger partial charge in [0.15, 0.2) is 0 Å². The van der Waals surface area contributed by atoms with E-state index in [0.29, 0.717) is 18.7 Å². The topological polar surface area (TPSA) is 66.9 Å². The third-order valence-corrected chi connectivity index (χ3v) is 6.93. The molecule has 0 spiro atoms. The lowest BCUT2D eigenvalue weighted by Crippen LogP contribution is -2.37. The summed E-state index contributed by atoms with van der Waals surface area (Å²) in [5.41, 5.74) is 0. The predicted octanol–water partition coefficient (Wildman–Crippen LogP) is 3.31. The molecule has 2 aromatic rings. The second-order valence-corrected chi connectivity index (χ2v) is 9.11. The summed E-state index contributed by atoms with van der Waals surface area (Å²) in [6.07, 6.45) is 0.565. The number of ether oxygens (including phenoxy) is 1. The van der Waals surface area contributed by atoms with Gasteiger partial charge in [-0.25, -0.2) is 17.2 Å². The molecule has 10 heteroatoms. The van der Waals surface area contributed by atoms with Gasteiger partial charge in [-0.1, -0.05) is 11.6 Å². The highest BCUT2D eigenvalue weighted by Gasteiger charge is 2.28. The number of halogens is 3. The van der Waals surface area contributed by atoms with Gasteiger partial charge >= 0.3 is 0 Å². The fourth-order valence-electron chi connectivity index (χ4n) is 3.14. The highest BCUT2D eigenvalue weighted by Crippen LogP contribution is 2.25. The van der Waals surface area contributed by atoms with Crippen molar-refractivity contribution < 1.29 is 26.7 Å². The Morgan fingerprint density at radius 3 is 2.40 bits per heavy atom. The number of benzene rings is 2. The minimum Gasteiger partial charge on any atom is -0.491 e. The van der Waals surface area contributed by atoms with Crippen molar-refractivity contribution in [1.29, 1.82) is 0 Å². The van der Waals surface area contributed by atoms with Crippen molar-refractivity contribution in [3.8, 4) is 5.75 Å². The van der Waals surface area contributed by atoms with Crippen molar-refractivity contribution in [2.75, 3.05) is 32.8 Å². The summed E-state index contributed by atoms with van der Waals surface area (Å²) >= 11 is 5.89. The Morgan fingerprint density at radius 2 is 1.70 bits per heavy atom. The van der Waals surface area contributed by atoms with Gasteiger partial charge < -0.3 is 9.64 Å². The maximum Gasteiger partial charge on any atom is 0.243 e. The molecule has 1 heterocycles. The van der Waals surface area contributed by atoms with E-state index in [9.17, 15) is 22.0 Å². The third-order valence-electron chi connectivity index (χ3n) is 4.73. The van der Waals surface area contributed by atoms with Crippen LogP contribution in [0.25, 0.3) is 0 Å². The Kier molecular flexibility index (Phi) is 7.27. The molecule has 1 aliphatic heterocycles. The summed E-state index contributed by atoms with van der Waals surface area (Å²) in [5.74, 6) is -0.869. The largest absolute Gasteiger partial charge is 0.491 e. The molecule has 3 rings (SSSR count). The average molecular weight is 459 g/mol. The van der Waals surface area contributed by atoms with E-state index in [0.717, 1.165) is 18.2 Å². The minimum atomic E-state index is -3.75. The zero-order valence-corrected chi connectivity index (χ0v) is 17.6. The fourth-order valence-corrected chi connectivity index (χ4v) is 4.83. The number of carbonyl (C=O) groups is 1. The van der Waals surface area contributed by atoms with E-state index in [4.69, 9.17) is 16.3 Å². The predicted molar refractivity (Wildman–Crippen MR) is 108 cm³/mol. The van der Waals surface area contributed by atoms with Crippen LogP contribution in [-0.2, 0) is 14.8 Å². The van der Waals surface area contributed by atoms with Gasteiger partial charge in [0.25, 0.3) is 0 Å². The van der Waals surface area contributed by atoms with Gasteiger partial charge in [-0.2, -0.15) is 4.31 Å². The summed E-state index contributed by atoms with van der Waals surface area (Å²) in [4.78, 5) is 14.1. The molecule has 1 amide bonds. The molecule has 0 radical (unpaired) electrons. The van der Waals surface area contributed by atoms with Crippen LogP contribution in [0.4, 0.5) is 8.78 Å². The monoisotopic (exact) mass is 458 g/mol. The standard InChI is InChI=1S/C20H21ClF2N2O4S/c21-18-14-16(23)4-7-19(18)29-13-8-20(26)24-9-1-10-25(12-11-24)30(27,28)17-5-2-15(22)3-6-17/h2-7,14H,1,8-13H2. The molecular weight excluding hydrogens is 438 g/mol. The van der Waals surface area contributed by atoms with Crippen molar-refractivity contribution in [2.45, 2.75) is 17.7 Å². The first-order valence-electron chi connectivity index (χ1n) is 9.39. The Morgan fingerprint density at radius 1 is 1.00 bits per heavy atom. The van der Waals surface area contributed by atoms with E-state index in [1.807, 2.05) is 0 Å². The van der Waals surface area contributed by atoms with Gasteiger partial charge in [-0.05, 0) is 48.9 Å². The zero-order chi connectivity index (χ0) is 21.7. The fraction of sp³-hybridized carbons (Fsp3) is 0.350. The lowest BCUT2D eigenvalue weighted by Gasteiger charge is -2.22. The smallest absolute Gasteiger partial charge is 0.243 e. The van der Waals surface area contributed by atoms with Gasteiger partial charge in [-0.15, -0.1) is 0 Å². The van der Waals surface area contributed by atoms with Crippen LogP contribution in [0.5, 0.6) is 5.75 Å². The lowest BCUT2D eigenvalue weighted by molar-refractivity contribution is -0.131. The molecule has 0 atom stereocenters. The van der Waals surface area contributed by atoms with E-state index in [1.165, 1.54) is 28.6 Å². The van der Waals surface area contributed by atoms with E-state index in [2.05, 4.69) is 0 Å². The third kappa shape index (κ3) is 5.47. The number of hydrogen-bond acceptors (Lipinski definition) is 4. The molecule has 2 aromatic carbocycles. The van der Waals surface area contributed by atoms with E-state index in [1.54, 1.807) is 4.90 Å². The van der Waals surface area contributed by atoms with E-state index < -0.39 is 21.7 Å². The van der Waals surface area contributed by atoms with Crippen LogP contribution in [0.1, 0.15) is 12.8 Å².